The molecule has 106 valence electrons. The summed E-state index contributed by atoms with van der Waals surface area (Å²) < 4.78 is 6.99. The summed E-state index contributed by atoms with van der Waals surface area (Å²) in [4.78, 5) is 11.7. The Balaban J connectivity index is 2.06. The second kappa shape index (κ2) is 5.77. The zero-order chi connectivity index (χ0) is 14.6. The van der Waals surface area contributed by atoms with Crippen molar-refractivity contribution in [1.29, 1.82) is 0 Å². The second-order valence-electron chi connectivity index (χ2n) is 5.43. The van der Waals surface area contributed by atoms with E-state index in [0.717, 1.165) is 11.3 Å². The Labute approximate surface area is 118 Å². The average molecular weight is 273 g/mol. The molecule has 2 aromatic rings. The first-order chi connectivity index (χ1) is 9.46. The molecule has 0 atom stereocenters. The zero-order valence-electron chi connectivity index (χ0n) is 12.0. The Morgan fingerprint density at radius 1 is 1.30 bits per heavy atom. The first-order valence-electron chi connectivity index (χ1n) is 6.50. The van der Waals surface area contributed by atoms with Crippen molar-refractivity contribution in [3.63, 3.8) is 0 Å². The van der Waals surface area contributed by atoms with E-state index in [-0.39, 0.29) is 0 Å². The van der Waals surface area contributed by atoms with Crippen LogP contribution < -0.4 is 5.32 Å². The molecule has 5 heteroatoms. The fourth-order valence-corrected chi connectivity index (χ4v) is 1.78. The van der Waals surface area contributed by atoms with E-state index in [1.54, 1.807) is 10.9 Å². The first kappa shape index (κ1) is 14.1. The third-order valence-corrected chi connectivity index (χ3v) is 2.56. The summed E-state index contributed by atoms with van der Waals surface area (Å²) in [6.45, 7) is 5.91. The minimum atomic E-state index is -0.494. The molecule has 0 saturated carbocycles. The number of para-hydroxylation sites is 1. The van der Waals surface area contributed by atoms with Gasteiger partial charge in [0.2, 0.25) is 0 Å². The number of rotatable bonds is 3. The Morgan fingerprint density at radius 2 is 2.05 bits per heavy atom. The number of carbonyl (C=O) groups is 1. The highest BCUT2D eigenvalue weighted by Gasteiger charge is 2.16. The maximum Gasteiger partial charge on any atom is 0.407 e. The van der Waals surface area contributed by atoms with Crippen LogP contribution in [0, 0.1) is 0 Å². The Bertz CT molecular complexity index is 571. The highest BCUT2D eigenvalue weighted by atomic mass is 16.6. The number of benzene rings is 1. The van der Waals surface area contributed by atoms with Gasteiger partial charge in [-0.1, -0.05) is 18.2 Å². The minimum Gasteiger partial charge on any atom is -0.444 e. The molecule has 0 aliphatic carbocycles. The summed E-state index contributed by atoms with van der Waals surface area (Å²) in [6, 6.07) is 9.64. The van der Waals surface area contributed by atoms with Gasteiger partial charge in [-0.05, 0) is 38.5 Å². The summed E-state index contributed by atoms with van der Waals surface area (Å²) in [6.07, 6.45) is 3.16. The molecule has 0 aliphatic rings. The maximum absolute atomic E-state index is 11.7. The number of hydrogen-bond donors (Lipinski definition) is 1. The molecule has 1 amide bonds. The smallest absolute Gasteiger partial charge is 0.407 e. The third-order valence-electron chi connectivity index (χ3n) is 2.56. The molecule has 5 nitrogen and oxygen atoms in total. The van der Waals surface area contributed by atoms with E-state index in [9.17, 15) is 4.79 Å². The van der Waals surface area contributed by atoms with Crippen molar-refractivity contribution in [1.82, 2.24) is 15.1 Å². The van der Waals surface area contributed by atoms with Crippen molar-refractivity contribution in [2.45, 2.75) is 32.9 Å². The van der Waals surface area contributed by atoms with Gasteiger partial charge in [0.05, 0.1) is 5.69 Å². The Kier molecular flexibility index (Phi) is 4.08. The van der Waals surface area contributed by atoms with Crippen molar-refractivity contribution in [2.24, 2.45) is 0 Å². The largest absolute Gasteiger partial charge is 0.444 e. The van der Waals surface area contributed by atoms with E-state index in [2.05, 4.69) is 10.4 Å². The summed E-state index contributed by atoms with van der Waals surface area (Å²) in [5.74, 6) is 0. The number of nitrogens with zero attached hydrogens (tertiary/aromatic N) is 2. The van der Waals surface area contributed by atoms with Crippen molar-refractivity contribution in [2.75, 3.05) is 0 Å². The summed E-state index contributed by atoms with van der Waals surface area (Å²) in [5, 5.41) is 6.96. The topological polar surface area (TPSA) is 56.1 Å². The van der Waals surface area contributed by atoms with Gasteiger partial charge in [-0.3, -0.25) is 0 Å². The molecule has 2 rings (SSSR count). The fraction of sp³-hybridized carbons (Fsp3) is 0.333. The summed E-state index contributed by atoms with van der Waals surface area (Å²) >= 11 is 0. The van der Waals surface area contributed by atoms with Gasteiger partial charge in [-0.25, -0.2) is 9.48 Å². The van der Waals surface area contributed by atoms with Crippen LogP contribution in [0.4, 0.5) is 4.79 Å². The van der Waals surface area contributed by atoms with Crippen LogP contribution in [0.2, 0.25) is 0 Å². The van der Waals surface area contributed by atoms with Crippen molar-refractivity contribution >= 4 is 6.09 Å². The molecular weight excluding hydrogens is 254 g/mol. The lowest BCUT2D eigenvalue weighted by atomic mass is 10.2. The van der Waals surface area contributed by atoms with Crippen LogP contribution in [-0.4, -0.2) is 21.5 Å². The van der Waals surface area contributed by atoms with Crippen LogP contribution in [0.1, 0.15) is 26.3 Å². The predicted molar refractivity (Wildman–Crippen MR) is 76.6 cm³/mol. The number of ether oxygens (including phenoxy) is 1. The van der Waals surface area contributed by atoms with E-state index in [4.69, 9.17) is 4.74 Å². The molecule has 1 aromatic heterocycles. The van der Waals surface area contributed by atoms with Gasteiger partial charge in [0.25, 0.3) is 0 Å². The highest BCUT2D eigenvalue weighted by molar-refractivity contribution is 5.67. The van der Waals surface area contributed by atoms with Gasteiger partial charge in [-0.15, -0.1) is 0 Å². The van der Waals surface area contributed by atoms with Crippen LogP contribution in [-0.2, 0) is 11.3 Å². The standard InChI is InChI=1S/C15H19N3O2/c1-15(2,3)20-14(19)16-11-12-7-4-5-8-13(12)18-10-6-9-17-18/h4-10H,11H2,1-3H3,(H,16,19). The minimum absolute atomic E-state index is 0.394. The molecule has 0 spiro atoms. The first-order valence-corrected chi connectivity index (χ1v) is 6.50. The molecule has 1 heterocycles. The van der Waals surface area contributed by atoms with E-state index in [1.165, 1.54) is 0 Å². The number of hydrogen-bond acceptors (Lipinski definition) is 3. The quantitative estimate of drug-likeness (QED) is 0.935. The van der Waals surface area contributed by atoms with Crippen LogP contribution >= 0.6 is 0 Å². The molecule has 0 unspecified atom stereocenters. The molecule has 0 aliphatic heterocycles. The zero-order valence-corrected chi connectivity index (χ0v) is 12.0. The number of carbonyl (C=O) groups excluding carboxylic acids is 1. The maximum atomic E-state index is 11.7. The molecule has 0 bridgehead atoms. The van der Waals surface area contributed by atoms with Gasteiger partial charge in [0.15, 0.2) is 0 Å². The molecule has 20 heavy (non-hydrogen) atoms. The van der Waals surface area contributed by atoms with Gasteiger partial charge >= 0.3 is 6.09 Å². The monoisotopic (exact) mass is 273 g/mol. The van der Waals surface area contributed by atoms with E-state index >= 15 is 0 Å². The number of alkyl carbamates (subject to hydrolysis) is 1. The summed E-state index contributed by atoms with van der Waals surface area (Å²) in [5.41, 5.74) is 1.42. The van der Waals surface area contributed by atoms with Crippen molar-refractivity contribution < 1.29 is 9.53 Å². The lowest BCUT2D eigenvalue weighted by Crippen LogP contribution is -2.32. The number of aromatic nitrogens is 2. The SMILES string of the molecule is CC(C)(C)OC(=O)NCc1ccccc1-n1cccn1. The molecule has 0 saturated heterocycles. The molecular formula is C15H19N3O2. The highest BCUT2D eigenvalue weighted by Crippen LogP contribution is 2.13. The van der Waals surface area contributed by atoms with E-state index in [1.807, 2.05) is 57.3 Å². The molecule has 1 N–H and O–H groups in total. The Hall–Kier alpha value is -2.30. The van der Waals surface area contributed by atoms with Crippen LogP contribution in [0.25, 0.3) is 5.69 Å². The van der Waals surface area contributed by atoms with Gasteiger partial charge in [-0.2, -0.15) is 5.10 Å². The molecule has 0 fully saturated rings. The fourth-order valence-electron chi connectivity index (χ4n) is 1.78. The molecule has 0 radical (unpaired) electrons. The van der Waals surface area contributed by atoms with Crippen LogP contribution in [0.15, 0.2) is 42.7 Å². The number of nitrogens with one attached hydrogen (secondary N) is 1. The average Bonchev–Trinajstić information content (AvgIpc) is 2.88. The van der Waals surface area contributed by atoms with Crippen LogP contribution in [0.3, 0.4) is 0 Å². The normalized spacial score (nSPS) is 11.2. The van der Waals surface area contributed by atoms with Crippen molar-refractivity contribution in [3.05, 3.63) is 48.3 Å². The summed E-state index contributed by atoms with van der Waals surface area (Å²) in [7, 11) is 0. The third kappa shape index (κ3) is 3.85. The van der Waals surface area contributed by atoms with Gasteiger partial charge in [0, 0.05) is 18.9 Å². The lowest BCUT2D eigenvalue weighted by molar-refractivity contribution is 0.0523. The van der Waals surface area contributed by atoms with Crippen molar-refractivity contribution in [3.8, 4) is 5.69 Å². The van der Waals surface area contributed by atoms with Gasteiger partial charge < -0.3 is 10.1 Å². The van der Waals surface area contributed by atoms with Crippen LogP contribution in [0.5, 0.6) is 0 Å². The van der Waals surface area contributed by atoms with E-state index < -0.39 is 11.7 Å². The predicted octanol–water partition coefficient (Wildman–Crippen LogP) is 2.90. The second-order valence-corrected chi connectivity index (χ2v) is 5.43. The van der Waals surface area contributed by atoms with Gasteiger partial charge in [0.1, 0.15) is 5.60 Å². The lowest BCUT2D eigenvalue weighted by Gasteiger charge is -2.20. The van der Waals surface area contributed by atoms with E-state index in [0.29, 0.717) is 6.54 Å². The number of amides is 1. The Morgan fingerprint density at radius 3 is 2.70 bits per heavy atom. The molecule has 1 aromatic carbocycles.